The summed E-state index contributed by atoms with van der Waals surface area (Å²) in [5, 5.41) is 11.5. The average Bonchev–Trinajstić information content (AvgIpc) is 2.15. The van der Waals surface area contributed by atoms with Crippen LogP contribution in [0.25, 0.3) is 0 Å². The van der Waals surface area contributed by atoms with Gasteiger partial charge in [0.15, 0.2) is 0 Å². The van der Waals surface area contributed by atoms with Crippen LogP contribution in [0.2, 0.25) is 0 Å². The number of carboxylic acid groups (broad SMARTS) is 1. The van der Waals surface area contributed by atoms with Gasteiger partial charge in [0, 0.05) is 19.3 Å². The van der Waals surface area contributed by atoms with Gasteiger partial charge in [0.05, 0.1) is 6.54 Å². The molecule has 4 heteroatoms. The van der Waals surface area contributed by atoms with Gasteiger partial charge in [-0.3, -0.25) is 4.79 Å². The summed E-state index contributed by atoms with van der Waals surface area (Å²) >= 11 is 0. The van der Waals surface area contributed by atoms with Crippen molar-refractivity contribution < 1.29 is 14.6 Å². The van der Waals surface area contributed by atoms with Crippen LogP contribution >= 0.6 is 0 Å². The molecule has 0 spiro atoms. The maximum Gasteiger partial charge on any atom is 0.317 e. The number of nitrogens with one attached hydrogen (secondary N) is 1. The first-order valence-electron chi connectivity index (χ1n) is 4.73. The van der Waals surface area contributed by atoms with E-state index in [0.717, 1.165) is 26.1 Å². The highest BCUT2D eigenvalue weighted by atomic mass is 16.5. The first kappa shape index (κ1) is 10.5. The van der Waals surface area contributed by atoms with Crippen molar-refractivity contribution >= 4 is 5.97 Å². The van der Waals surface area contributed by atoms with Crippen molar-refractivity contribution in [1.82, 2.24) is 5.32 Å². The summed E-state index contributed by atoms with van der Waals surface area (Å²) in [7, 11) is 0. The normalized spacial score (nSPS) is 21.3. The van der Waals surface area contributed by atoms with E-state index in [1.54, 1.807) is 0 Å². The number of hydrogen-bond acceptors (Lipinski definition) is 3. The number of rotatable bonds is 4. The molecule has 1 heterocycles. The Morgan fingerprint density at radius 3 is 2.77 bits per heavy atom. The zero-order valence-electron chi connectivity index (χ0n) is 7.95. The number of carbonyl (C=O) groups is 1. The molecule has 76 valence electrons. The summed E-state index contributed by atoms with van der Waals surface area (Å²) in [6, 6.07) is 0.278. The van der Waals surface area contributed by atoms with E-state index in [2.05, 4.69) is 5.32 Å². The van der Waals surface area contributed by atoms with Gasteiger partial charge in [-0.25, -0.2) is 0 Å². The topological polar surface area (TPSA) is 58.6 Å². The minimum absolute atomic E-state index is 0.0541. The molecule has 1 unspecified atom stereocenters. The zero-order valence-corrected chi connectivity index (χ0v) is 7.95. The van der Waals surface area contributed by atoms with Crippen molar-refractivity contribution in [2.24, 2.45) is 5.92 Å². The van der Waals surface area contributed by atoms with Gasteiger partial charge in [0.1, 0.15) is 0 Å². The molecule has 1 saturated heterocycles. The van der Waals surface area contributed by atoms with Crippen molar-refractivity contribution in [2.45, 2.75) is 25.8 Å². The summed E-state index contributed by atoms with van der Waals surface area (Å²) in [6.45, 7) is 3.71. The molecule has 0 aromatic carbocycles. The van der Waals surface area contributed by atoms with Gasteiger partial charge in [-0.1, -0.05) is 0 Å². The van der Waals surface area contributed by atoms with Crippen LogP contribution in [0.15, 0.2) is 0 Å². The highest BCUT2D eigenvalue weighted by molar-refractivity contribution is 5.69. The third kappa shape index (κ3) is 3.74. The molecule has 1 aliphatic rings. The second kappa shape index (κ2) is 5.19. The lowest BCUT2D eigenvalue weighted by molar-refractivity contribution is -0.136. The molecule has 0 saturated carbocycles. The first-order valence-corrected chi connectivity index (χ1v) is 4.73. The zero-order chi connectivity index (χ0) is 9.68. The number of aliphatic carboxylic acids is 1. The van der Waals surface area contributed by atoms with E-state index in [0.29, 0.717) is 5.92 Å². The summed E-state index contributed by atoms with van der Waals surface area (Å²) in [6.07, 6.45) is 2.07. The van der Waals surface area contributed by atoms with E-state index in [-0.39, 0.29) is 12.6 Å². The Kier molecular flexibility index (Phi) is 4.18. The Hall–Kier alpha value is -0.610. The van der Waals surface area contributed by atoms with E-state index in [9.17, 15) is 4.79 Å². The quantitative estimate of drug-likeness (QED) is 0.672. The van der Waals surface area contributed by atoms with Gasteiger partial charge < -0.3 is 15.2 Å². The Labute approximate surface area is 78.3 Å². The molecule has 2 N–H and O–H groups in total. The molecule has 1 aliphatic heterocycles. The van der Waals surface area contributed by atoms with E-state index < -0.39 is 5.97 Å². The molecular weight excluding hydrogens is 170 g/mol. The molecule has 0 aromatic heterocycles. The predicted octanol–water partition coefficient (Wildman–Crippen LogP) is 0.476. The monoisotopic (exact) mass is 187 g/mol. The van der Waals surface area contributed by atoms with Crippen molar-refractivity contribution in [3.8, 4) is 0 Å². The SMILES string of the molecule is CC(NCC(=O)O)C1CCOCC1. The lowest BCUT2D eigenvalue weighted by Crippen LogP contribution is -2.39. The molecule has 1 rings (SSSR count). The molecular formula is C9H17NO3. The van der Waals surface area contributed by atoms with Gasteiger partial charge in [-0.2, -0.15) is 0 Å². The molecule has 1 atom stereocenters. The fourth-order valence-corrected chi connectivity index (χ4v) is 1.63. The highest BCUT2D eigenvalue weighted by Gasteiger charge is 2.20. The molecule has 13 heavy (non-hydrogen) atoms. The van der Waals surface area contributed by atoms with Crippen LogP contribution in [0, 0.1) is 5.92 Å². The van der Waals surface area contributed by atoms with Gasteiger partial charge in [-0.15, -0.1) is 0 Å². The van der Waals surface area contributed by atoms with Gasteiger partial charge in [-0.05, 0) is 25.7 Å². The van der Waals surface area contributed by atoms with Crippen LogP contribution in [0.4, 0.5) is 0 Å². The maximum atomic E-state index is 10.3. The van der Waals surface area contributed by atoms with E-state index in [4.69, 9.17) is 9.84 Å². The Morgan fingerprint density at radius 1 is 1.62 bits per heavy atom. The van der Waals surface area contributed by atoms with Crippen molar-refractivity contribution in [2.75, 3.05) is 19.8 Å². The Bertz CT molecular complexity index is 166. The van der Waals surface area contributed by atoms with Crippen LogP contribution < -0.4 is 5.32 Å². The van der Waals surface area contributed by atoms with E-state index >= 15 is 0 Å². The highest BCUT2D eigenvalue weighted by Crippen LogP contribution is 2.18. The first-order chi connectivity index (χ1) is 6.20. The largest absolute Gasteiger partial charge is 0.480 e. The average molecular weight is 187 g/mol. The molecule has 0 radical (unpaired) electrons. The Balaban J connectivity index is 2.20. The van der Waals surface area contributed by atoms with Gasteiger partial charge in [0.2, 0.25) is 0 Å². The fourth-order valence-electron chi connectivity index (χ4n) is 1.63. The van der Waals surface area contributed by atoms with Gasteiger partial charge in [0.25, 0.3) is 0 Å². The van der Waals surface area contributed by atoms with Crippen LogP contribution in [0.3, 0.4) is 0 Å². The van der Waals surface area contributed by atoms with Crippen LogP contribution in [0.1, 0.15) is 19.8 Å². The standard InChI is InChI=1S/C9H17NO3/c1-7(10-6-9(11)12)8-2-4-13-5-3-8/h7-8,10H,2-6H2,1H3,(H,11,12). The summed E-state index contributed by atoms with van der Waals surface area (Å²) in [4.78, 5) is 10.3. The summed E-state index contributed by atoms with van der Waals surface area (Å²) in [5.41, 5.74) is 0. The third-order valence-electron chi connectivity index (χ3n) is 2.55. The Morgan fingerprint density at radius 2 is 2.23 bits per heavy atom. The molecule has 0 amide bonds. The van der Waals surface area contributed by atoms with Gasteiger partial charge >= 0.3 is 5.97 Å². The molecule has 0 aliphatic carbocycles. The number of carboxylic acids is 1. The molecule has 1 fully saturated rings. The maximum absolute atomic E-state index is 10.3. The number of hydrogen-bond donors (Lipinski definition) is 2. The number of ether oxygens (including phenoxy) is 1. The smallest absolute Gasteiger partial charge is 0.317 e. The molecule has 0 aromatic rings. The second-order valence-corrected chi connectivity index (χ2v) is 3.51. The lowest BCUT2D eigenvalue weighted by atomic mass is 9.93. The molecule has 0 bridgehead atoms. The lowest BCUT2D eigenvalue weighted by Gasteiger charge is -2.27. The van der Waals surface area contributed by atoms with E-state index in [1.165, 1.54) is 0 Å². The summed E-state index contributed by atoms with van der Waals surface area (Å²) < 4.78 is 5.23. The van der Waals surface area contributed by atoms with Crippen LogP contribution in [-0.2, 0) is 9.53 Å². The van der Waals surface area contributed by atoms with E-state index in [1.807, 2.05) is 6.92 Å². The second-order valence-electron chi connectivity index (χ2n) is 3.51. The van der Waals surface area contributed by atoms with Crippen LogP contribution in [0.5, 0.6) is 0 Å². The molecule has 4 nitrogen and oxygen atoms in total. The fraction of sp³-hybridized carbons (Fsp3) is 0.889. The predicted molar refractivity (Wildman–Crippen MR) is 48.6 cm³/mol. The van der Waals surface area contributed by atoms with Crippen molar-refractivity contribution in [3.05, 3.63) is 0 Å². The van der Waals surface area contributed by atoms with Crippen molar-refractivity contribution in [3.63, 3.8) is 0 Å². The third-order valence-corrected chi connectivity index (χ3v) is 2.55. The minimum atomic E-state index is -0.793. The summed E-state index contributed by atoms with van der Waals surface area (Å²) in [5.74, 6) is -0.230. The minimum Gasteiger partial charge on any atom is -0.480 e. The van der Waals surface area contributed by atoms with Crippen molar-refractivity contribution in [1.29, 1.82) is 0 Å². The van der Waals surface area contributed by atoms with Crippen LogP contribution in [-0.4, -0.2) is 36.9 Å².